The lowest BCUT2D eigenvalue weighted by Gasteiger charge is -2.09. The molecule has 0 saturated heterocycles. The smallest absolute Gasteiger partial charge is 0.221 e. The van der Waals surface area contributed by atoms with Crippen LogP contribution < -0.4 is 10.1 Å². The lowest BCUT2D eigenvalue weighted by Crippen LogP contribution is -1.99. The molecule has 20 heavy (non-hydrogen) atoms. The Bertz CT molecular complexity index is 711. The highest BCUT2D eigenvalue weighted by atomic mass is 16.5. The van der Waals surface area contributed by atoms with Crippen LogP contribution in [0, 0.1) is 0 Å². The molecule has 0 fully saturated rings. The maximum Gasteiger partial charge on any atom is 0.221 e. The molecule has 0 bridgehead atoms. The monoisotopic (exact) mass is 264 g/mol. The minimum atomic E-state index is 0.658. The van der Waals surface area contributed by atoms with Crippen molar-refractivity contribution < 1.29 is 4.74 Å². The summed E-state index contributed by atoms with van der Waals surface area (Å²) in [5.74, 6) is 0.658. The molecule has 0 aliphatic heterocycles. The van der Waals surface area contributed by atoms with Gasteiger partial charge < -0.3 is 10.1 Å². The van der Waals surface area contributed by atoms with E-state index in [2.05, 4.69) is 40.6 Å². The van der Waals surface area contributed by atoms with Crippen LogP contribution in [0.4, 0.5) is 5.69 Å². The maximum atomic E-state index is 5.31. The van der Waals surface area contributed by atoms with E-state index in [1.54, 1.807) is 13.3 Å². The molecule has 0 atom stereocenters. The normalized spacial score (nSPS) is 10.4. The van der Waals surface area contributed by atoms with Crippen LogP contribution >= 0.6 is 0 Å². The summed E-state index contributed by atoms with van der Waals surface area (Å²) in [5.41, 5.74) is 2.32. The van der Waals surface area contributed by atoms with E-state index in [1.165, 1.54) is 5.56 Å². The molecule has 2 aromatic carbocycles. The van der Waals surface area contributed by atoms with E-state index in [-0.39, 0.29) is 0 Å². The molecule has 0 aliphatic carbocycles. The zero-order valence-corrected chi connectivity index (χ0v) is 11.3. The summed E-state index contributed by atoms with van der Waals surface area (Å²) in [6.45, 7) is 0.801. The van der Waals surface area contributed by atoms with E-state index < -0.39 is 0 Å². The molecule has 0 radical (unpaired) electrons. The fraction of sp³-hybridized carbons (Fsp3) is 0.118. The van der Waals surface area contributed by atoms with Gasteiger partial charge in [0.05, 0.1) is 7.11 Å². The number of methoxy groups -OCH3 is 1. The van der Waals surface area contributed by atoms with Crippen molar-refractivity contribution in [3.05, 3.63) is 66.4 Å². The first kappa shape index (κ1) is 12.5. The fourth-order valence-corrected chi connectivity index (χ4v) is 2.21. The Morgan fingerprint density at radius 1 is 1.05 bits per heavy atom. The summed E-state index contributed by atoms with van der Waals surface area (Å²) < 4.78 is 5.31. The number of aromatic nitrogens is 1. The second-order valence-corrected chi connectivity index (χ2v) is 4.60. The molecule has 0 saturated carbocycles. The molecule has 3 aromatic rings. The van der Waals surface area contributed by atoms with Crippen molar-refractivity contribution in [2.45, 2.75) is 6.54 Å². The number of nitrogens with zero attached hydrogens (tertiary/aromatic N) is 1. The van der Waals surface area contributed by atoms with Crippen LogP contribution in [0.25, 0.3) is 10.8 Å². The third kappa shape index (κ3) is 2.57. The molecule has 3 nitrogen and oxygen atoms in total. The van der Waals surface area contributed by atoms with E-state index in [4.69, 9.17) is 4.74 Å². The summed E-state index contributed by atoms with van der Waals surface area (Å²) in [4.78, 5) is 4.23. The zero-order valence-electron chi connectivity index (χ0n) is 11.3. The van der Waals surface area contributed by atoms with Crippen molar-refractivity contribution in [1.82, 2.24) is 4.98 Å². The van der Waals surface area contributed by atoms with Gasteiger partial charge in [-0.2, -0.15) is 0 Å². The van der Waals surface area contributed by atoms with E-state index in [0.29, 0.717) is 5.88 Å². The van der Waals surface area contributed by atoms with Gasteiger partial charge in [-0.05, 0) is 29.1 Å². The quantitative estimate of drug-likeness (QED) is 0.777. The van der Waals surface area contributed by atoms with Crippen LogP contribution in [0.3, 0.4) is 0 Å². The highest BCUT2D eigenvalue weighted by Gasteiger charge is 2.03. The number of anilines is 1. The Labute approximate surface area is 118 Å². The van der Waals surface area contributed by atoms with Crippen molar-refractivity contribution >= 4 is 16.5 Å². The van der Waals surface area contributed by atoms with Gasteiger partial charge in [0, 0.05) is 23.8 Å². The Morgan fingerprint density at radius 2 is 1.90 bits per heavy atom. The summed E-state index contributed by atoms with van der Waals surface area (Å²) >= 11 is 0. The number of benzene rings is 2. The van der Waals surface area contributed by atoms with Gasteiger partial charge in [-0.1, -0.05) is 36.4 Å². The fourth-order valence-electron chi connectivity index (χ4n) is 2.21. The molecule has 100 valence electrons. The van der Waals surface area contributed by atoms with E-state index in [1.807, 2.05) is 24.3 Å². The first-order chi connectivity index (χ1) is 9.86. The summed E-state index contributed by atoms with van der Waals surface area (Å²) in [5, 5.41) is 5.57. The summed E-state index contributed by atoms with van der Waals surface area (Å²) in [7, 11) is 1.64. The van der Waals surface area contributed by atoms with Crippen LogP contribution in [-0.2, 0) is 6.54 Å². The van der Waals surface area contributed by atoms with Crippen LogP contribution in [0.1, 0.15) is 5.56 Å². The van der Waals surface area contributed by atoms with E-state index in [9.17, 15) is 0 Å². The number of hydrogen-bond acceptors (Lipinski definition) is 3. The van der Waals surface area contributed by atoms with Crippen molar-refractivity contribution in [3.63, 3.8) is 0 Å². The maximum absolute atomic E-state index is 5.31. The van der Waals surface area contributed by atoms with Gasteiger partial charge in [-0.25, -0.2) is 4.98 Å². The van der Waals surface area contributed by atoms with Gasteiger partial charge in [0.2, 0.25) is 5.88 Å². The zero-order chi connectivity index (χ0) is 13.8. The predicted molar refractivity (Wildman–Crippen MR) is 82.1 cm³/mol. The Hall–Kier alpha value is -2.55. The topological polar surface area (TPSA) is 34.1 Å². The van der Waals surface area contributed by atoms with Crippen molar-refractivity contribution in [1.29, 1.82) is 0 Å². The molecule has 0 spiro atoms. The van der Waals surface area contributed by atoms with Crippen molar-refractivity contribution in [3.8, 4) is 5.88 Å². The van der Waals surface area contributed by atoms with Gasteiger partial charge >= 0.3 is 0 Å². The van der Waals surface area contributed by atoms with E-state index in [0.717, 1.165) is 23.0 Å². The number of pyridine rings is 1. The average Bonchev–Trinajstić information content (AvgIpc) is 2.53. The van der Waals surface area contributed by atoms with Gasteiger partial charge in [0.15, 0.2) is 0 Å². The molecule has 3 heteroatoms. The minimum absolute atomic E-state index is 0.658. The Balaban J connectivity index is 1.85. The first-order valence-electron chi connectivity index (χ1n) is 6.57. The standard InChI is InChI=1S/C17H16N2O/c1-20-17-16-11-15(8-7-14(16)9-10-18-17)19-12-13-5-3-2-4-6-13/h2-11,19H,12H2,1H3. The summed E-state index contributed by atoms with van der Waals surface area (Å²) in [6, 6.07) is 18.5. The van der Waals surface area contributed by atoms with Crippen LogP contribution in [0.5, 0.6) is 5.88 Å². The van der Waals surface area contributed by atoms with Crippen molar-refractivity contribution in [2.24, 2.45) is 0 Å². The molecular formula is C17H16N2O. The number of hydrogen-bond donors (Lipinski definition) is 1. The number of ether oxygens (including phenoxy) is 1. The molecule has 1 aromatic heterocycles. The third-order valence-corrected chi connectivity index (χ3v) is 3.26. The second-order valence-electron chi connectivity index (χ2n) is 4.60. The largest absolute Gasteiger partial charge is 0.481 e. The van der Waals surface area contributed by atoms with Crippen molar-refractivity contribution in [2.75, 3.05) is 12.4 Å². The SMILES string of the molecule is COc1nccc2ccc(NCc3ccccc3)cc12. The Kier molecular flexibility index (Phi) is 3.50. The highest BCUT2D eigenvalue weighted by Crippen LogP contribution is 2.26. The first-order valence-corrected chi connectivity index (χ1v) is 6.57. The summed E-state index contributed by atoms with van der Waals surface area (Å²) in [6.07, 6.45) is 1.76. The predicted octanol–water partition coefficient (Wildman–Crippen LogP) is 3.86. The molecule has 0 unspecified atom stereocenters. The number of rotatable bonds is 4. The van der Waals surface area contributed by atoms with Gasteiger partial charge in [0.25, 0.3) is 0 Å². The number of fused-ring (bicyclic) bond motifs is 1. The molecule has 1 N–H and O–H groups in total. The highest BCUT2D eigenvalue weighted by molar-refractivity contribution is 5.89. The molecular weight excluding hydrogens is 248 g/mol. The Morgan fingerprint density at radius 3 is 2.70 bits per heavy atom. The lowest BCUT2D eigenvalue weighted by atomic mass is 10.1. The van der Waals surface area contributed by atoms with Gasteiger partial charge in [-0.3, -0.25) is 0 Å². The van der Waals surface area contributed by atoms with Crippen LogP contribution in [0.15, 0.2) is 60.8 Å². The molecule has 0 aliphatic rings. The minimum Gasteiger partial charge on any atom is -0.481 e. The van der Waals surface area contributed by atoms with Gasteiger partial charge in [0.1, 0.15) is 0 Å². The molecule has 3 rings (SSSR count). The van der Waals surface area contributed by atoms with Crippen LogP contribution in [0.2, 0.25) is 0 Å². The molecule has 0 amide bonds. The second kappa shape index (κ2) is 5.61. The van der Waals surface area contributed by atoms with Crippen LogP contribution in [-0.4, -0.2) is 12.1 Å². The third-order valence-electron chi connectivity index (χ3n) is 3.26. The number of nitrogens with one attached hydrogen (secondary N) is 1. The molecule has 1 heterocycles. The average molecular weight is 264 g/mol. The van der Waals surface area contributed by atoms with E-state index >= 15 is 0 Å². The lowest BCUT2D eigenvalue weighted by molar-refractivity contribution is 0.403. The van der Waals surface area contributed by atoms with Gasteiger partial charge in [-0.15, -0.1) is 0 Å².